The first-order chi connectivity index (χ1) is 19.8. The second-order valence-corrected chi connectivity index (χ2v) is 13.1. The van der Waals surface area contributed by atoms with Gasteiger partial charge >= 0.3 is 0 Å². The summed E-state index contributed by atoms with van der Waals surface area (Å²) >= 11 is 1.77. The monoisotopic (exact) mass is 570 g/mol. The lowest BCUT2D eigenvalue weighted by atomic mass is 10.0. The molecule has 3 heterocycles. The normalized spacial score (nSPS) is 18.5. The molecule has 210 valence electrons. The number of aromatic nitrogens is 1. The molecule has 4 aromatic rings. The molecule has 8 heteroatoms. The van der Waals surface area contributed by atoms with E-state index >= 15 is 4.39 Å². The number of carbonyl (C=O) groups excluding carboxylic acids is 1. The average molecular weight is 571 g/mol. The largest absolute Gasteiger partial charge is 0.358 e. The summed E-state index contributed by atoms with van der Waals surface area (Å²) in [5.41, 5.74) is 4.10. The van der Waals surface area contributed by atoms with Crippen molar-refractivity contribution in [1.29, 1.82) is 0 Å². The van der Waals surface area contributed by atoms with Gasteiger partial charge in [0.05, 0.1) is 15.6 Å². The maximum absolute atomic E-state index is 15.3. The standard InChI is InChI=1S/C33H32F2N4OS/c1-21(33(11-12-33)31(40)38-25-6-3-24(34)4-7-25)37-26-5-2-22(28(35)17-26)16-23-8-14-36-29-18-27(41-30(23)29)19-39-15-13-32(20-39)9-10-32/h2-8,14,17-18,37H,1,9-13,15-16,19-20H2,(H,38,40). The Morgan fingerprint density at radius 3 is 2.44 bits per heavy atom. The molecule has 2 aromatic heterocycles. The van der Waals surface area contributed by atoms with Crippen LogP contribution in [0, 0.1) is 22.5 Å². The number of rotatable bonds is 9. The number of nitrogens with zero attached hydrogens (tertiary/aromatic N) is 2. The van der Waals surface area contributed by atoms with Gasteiger partial charge in [0, 0.05) is 47.7 Å². The Morgan fingerprint density at radius 2 is 1.73 bits per heavy atom. The molecule has 1 saturated heterocycles. The van der Waals surface area contributed by atoms with Gasteiger partial charge in [0.25, 0.3) is 0 Å². The number of benzene rings is 2. The van der Waals surface area contributed by atoms with Gasteiger partial charge in [-0.15, -0.1) is 11.3 Å². The molecule has 1 aliphatic heterocycles. The van der Waals surface area contributed by atoms with Gasteiger partial charge in [0.1, 0.15) is 11.6 Å². The van der Waals surface area contributed by atoms with Crippen LogP contribution in [0.3, 0.4) is 0 Å². The van der Waals surface area contributed by atoms with E-state index < -0.39 is 5.41 Å². The molecule has 0 unspecified atom stereocenters. The number of likely N-dealkylation sites (tertiary alicyclic amines) is 1. The summed E-state index contributed by atoms with van der Waals surface area (Å²) in [6, 6.07) is 14.9. The molecule has 41 heavy (non-hydrogen) atoms. The number of hydrogen-bond acceptors (Lipinski definition) is 5. The third kappa shape index (κ3) is 5.26. The SMILES string of the molecule is C=C(Nc1ccc(Cc2ccnc3cc(CN4CCC5(CC5)C4)sc23)c(F)c1)C1(C(=O)Nc2ccc(F)cc2)CC1. The molecule has 1 spiro atoms. The van der Waals surface area contributed by atoms with Crippen LogP contribution in [0.1, 0.15) is 48.1 Å². The van der Waals surface area contributed by atoms with Crippen molar-refractivity contribution in [2.45, 2.75) is 45.1 Å². The van der Waals surface area contributed by atoms with Gasteiger partial charge in [-0.2, -0.15) is 0 Å². The van der Waals surface area contributed by atoms with Crippen molar-refractivity contribution >= 4 is 38.8 Å². The molecule has 2 aliphatic carbocycles. The maximum atomic E-state index is 15.3. The lowest BCUT2D eigenvalue weighted by Gasteiger charge is -2.20. The number of anilines is 2. The summed E-state index contributed by atoms with van der Waals surface area (Å²) in [5.74, 6) is -0.873. The molecular formula is C33H32F2N4OS. The van der Waals surface area contributed by atoms with Crippen LogP contribution in [0.25, 0.3) is 10.2 Å². The molecule has 3 fully saturated rings. The van der Waals surface area contributed by atoms with E-state index in [2.05, 4.69) is 33.2 Å². The lowest BCUT2D eigenvalue weighted by Crippen LogP contribution is -2.28. The van der Waals surface area contributed by atoms with Gasteiger partial charge in [-0.1, -0.05) is 12.6 Å². The smallest absolute Gasteiger partial charge is 0.236 e. The van der Waals surface area contributed by atoms with Crippen LogP contribution in [0.4, 0.5) is 20.2 Å². The quantitative estimate of drug-likeness (QED) is 0.219. The van der Waals surface area contributed by atoms with Gasteiger partial charge in [-0.25, -0.2) is 8.78 Å². The van der Waals surface area contributed by atoms with Gasteiger partial charge in [-0.3, -0.25) is 14.7 Å². The second-order valence-electron chi connectivity index (χ2n) is 12.0. The molecule has 3 aliphatic rings. The third-order valence-corrected chi connectivity index (χ3v) is 10.2. The Bertz CT molecular complexity index is 1660. The van der Waals surface area contributed by atoms with Gasteiger partial charge in [0.2, 0.25) is 5.91 Å². The van der Waals surface area contributed by atoms with Crippen molar-refractivity contribution in [2.75, 3.05) is 23.7 Å². The van der Waals surface area contributed by atoms with E-state index in [0.29, 0.717) is 47.3 Å². The molecular weight excluding hydrogens is 538 g/mol. The summed E-state index contributed by atoms with van der Waals surface area (Å²) in [7, 11) is 0. The number of pyridine rings is 1. The summed E-state index contributed by atoms with van der Waals surface area (Å²) in [6.07, 6.45) is 7.66. The van der Waals surface area contributed by atoms with Crippen LogP contribution in [-0.2, 0) is 17.8 Å². The Kier molecular flexibility index (Phi) is 6.43. The zero-order chi connectivity index (χ0) is 28.2. The van der Waals surface area contributed by atoms with Gasteiger partial charge in [0.15, 0.2) is 0 Å². The third-order valence-electron chi connectivity index (χ3n) is 8.99. The van der Waals surface area contributed by atoms with Crippen molar-refractivity contribution in [1.82, 2.24) is 9.88 Å². The van der Waals surface area contributed by atoms with E-state index in [1.54, 1.807) is 17.4 Å². The van der Waals surface area contributed by atoms with Crippen molar-refractivity contribution in [2.24, 2.45) is 10.8 Å². The first-order valence-electron chi connectivity index (χ1n) is 14.2. The molecule has 7 rings (SSSR count). The van der Waals surface area contributed by atoms with Gasteiger partial charge < -0.3 is 10.6 Å². The second kappa shape index (κ2) is 10.0. The highest BCUT2D eigenvalue weighted by atomic mass is 32.1. The highest BCUT2D eigenvalue weighted by molar-refractivity contribution is 7.19. The van der Waals surface area contributed by atoms with Crippen LogP contribution < -0.4 is 10.6 Å². The number of hydrogen-bond donors (Lipinski definition) is 2. The lowest BCUT2D eigenvalue weighted by molar-refractivity contribution is -0.119. The van der Waals surface area contributed by atoms with Crippen LogP contribution in [-0.4, -0.2) is 28.9 Å². The van der Waals surface area contributed by atoms with Crippen molar-refractivity contribution < 1.29 is 13.6 Å². The van der Waals surface area contributed by atoms with Crippen molar-refractivity contribution in [3.05, 3.63) is 101 Å². The first kappa shape index (κ1) is 26.3. The predicted molar refractivity (Wildman–Crippen MR) is 160 cm³/mol. The zero-order valence-corrected chi connectivity index (χ0v) is 23.6. The minimum atomic E-state index is -0.767. The number of halogens is 2. The molecule has 0 bridgehead atoms. The highest BCUT2D eigenvalue weighted by Crippen LogP contribution is 2.53. The molecule has 5 nitrogen and oxygen atoms in total. The van der Waals surface area contributed by atoms with E-state index in [9.17, 15) is 9.18 Å². The molecule has 2 N–H and O–H groups in total. The van der Waals surface area contributed by atoms with E-state index in [0.717, 1.165) is 22.3 Å². The molecule has 0 radical (unpaired) electrons. The van der Waals surface area contributed by atoms with E-state index in [4.69, 9.17) is 0 Å². The molecule has 0 atom stereocenters. The van der Waals surface area contributed by atoms with Crippen LogP contribution in [0.2, 0.25) is 0 Å². The number of nitrogens with one attached hydrogen (secondary N) is 2. The number of amides is 1. The molecule has 1 amide bonds. The number of thiophene rings is 1. The molecule has 2 aromatic carbocycles. The summed E-state index contributed by atoms with van der Waals surface area (Å²) in [6.45, 7) is 7.45. The maximum Gasteiger partial charge on any atom is 0.236 e. The average Bonchev–Trinajstić information content (AvgIpc) is 3.84. The summed E-state index contributed by atoms with van der Waals surface area (Å²) in [4.78, 5) is 21.5. The Hall–Kier alpha value is -3.62. The minimum absolute atomic E-state index is 0.201. The van der Waals surface area contributed by atoms with Crippen molar-refractivity contribution in [3.63, 3.8) is 0 Å². The summed E-state index contributed by atoms with van der Waals surface area (Å²) < 4.78 is 29.7. The zero-order valence-electron chi connectivity index (χ0n) is 22.8. The Morgan fingerprint density at radius 1 is 0.951 bits per heavy atom. The fourth-order valence-electron chi connectivity index (χ4n) is 6.07. The number of fused-ring (bicyclic) bond motifs is 1. The fourth-order valence-corrected chi connectivity index (χ4v) is 7.23. The predicted octanol–water partition coefficient (Wildman–Crippen LogP) is 7.50. The summed E-state index contributed by atoms with van der Waals surface area (Å²) in [5, 5.41) is 6.00. The van der Waals surface area contributed by atoms with Crippen molar-refractivity contribution in [3.8, 4) is 0 Å². The molecule has 2 saturated carbocycles. The Balaban J connectivity index is 1.02. The van der Waals surface area contributed by atoms with E-state index in [1.807, 2.05) is 18.3 Å². The fraction of sp³-hybridized carbons (Fsp3) is 0.333. The van der Waals surface area contributed by atoms with Gasteiger partial charge in [-0.05, 0) is 104 Å². The van der Waals surface area contributed by atoms with E-state index in [1.165, 1.54) is 67.6 Å². The highest BCUT2D eigenvalue weighted by Gasteiger charge is 2.52. The topological polar surface area (TPSA) is 57.3 Å². The first-order valence-corrected chi connectivity index (χ1v) is 15.0. The number of carbonyl (C=O) groups is 1. The van der Waals surface area contributed by atoms with Crippen LogP contribution in [0.15, 0.2) is 73.1 Å². The van der Waals surface area contributed by atoms with Crippen LogP contribution in [0.5, 0.6) is 0 Å². The minimum Gasteiger partial charge on any atom is -0.358 e. The van der Waals surface area contributed by atoms with Crippen LogP contribution >= 0.6 is 11.3 Å². The van der Waals surface area contributed by atoms with E-state index in [-0.39, 0.29) is 17.5 Å². The Labute approximate surface area is 242 Å².